The lowest BCUT2D eigenvalue weighted by molar-refractivity contribution is 0.129. The van der Waals surface area contributed by atoms with Gasteiger partial charge in [-0.1, -0.05) is 37.3 Å². The van der Waals surface area contributed by atoms with Crippen LogP contribution in [0.15, 0.2) is 30.3 Å². The zero-order valence-electron chi connectivity index (χ0n) is 10.9. The first kappa shape index (κ1) is 13.6. The predicted molar refractivity (Wildman–Crippen MR) is 72.0 cm³/mol. The van der Waals surface area contributed by atoms with Gasteiger partial charge in [0.05, 0.1) is 12.4 Å². The van der Waals surface area contributed by atoms with Crippen molar-refractivity contribution >= 4 is 10.1 Å². The van der Waals surface area contributed by atoms with E-state index in [1.165, 1.54) is 5.56 Å². The third-order valence-electron chi connectivity index (χ3n) is 3.82. The van der Waals surface area contributed by atoms with Gasteiger partial charge in [-0.3, -0.25) is 4.18 Å². The molecule has 1 aliphatic carbocycles. The molecule has 0 atom stereocenters. The normalized spacial score (nSPS) is 29.1. The van der Waals surface area contributed by atoms with E-state index in [-0.39, 0.29) is 11.5 Å². The van der Waals surface area contributed by atoms with Crippen LogP contribution in [0.3, 0.4) is 0 Å². The Labute approximate surface area is 109 Å². The van der Waals surface area contributed by atoms with Gasteiger partial charge >= 0.3 is 0 Å². The summed E-state index contributed by atoms with van der Waals surface area (Å²) in [5.74, 6) is 0. The second kappa shape index (κ2) is 5.02. The molecule has 4 heteroatoms. The third kappa shape index (κ3) is 3.33. The highest BCUT2D eigenvalue weighted by Crippen LogP contribution is 2.39. The Kier molecular flexibility index (Phi) is 3.78. The van der Waals surface area contributed by atoms with Gasteiger partial charge in [-0.25, -0.2) is 0 Å². The van der Waals surface area contributed by atoms with E-state index in [0.717, 1.165) is 31.9 Å². The van der Waals surface area contributed by atoms with Gasteiger partial charge in [0.2, 0.25) is 0 Å². The van der Waals surface area contributed by atoms with Crippen molar-refractivity contribution in [1.82, 2.24) is 0 Å². The smallest absolute Gasteiger partial charge is 0.264 e. The van der Waals surface area contributed by atoms with Gasteiger partial charge in [-0.05, 0) is 36.7 Å². The topological polar surface area (TPSA) is 43.4 Å². The highest BCUT2D eigenvalue weighted by atomic mass is 32.2. The Morgan fingerprint density at radius 1 is 1.17 bits per heavy atom. The minimum Gasteiger partial charge on any atom is -0.267 e. The summed E-state index contributed by atoms with van der Waals surface area (Å²) in [4.78, 5) is 0. The summed E-state index contributed by atoms with van der Waals surface area (Å²) in [7, 11) is -3.33. The molecule has 100 valence electrons. The molecule has 3 nitrogen and oxygen atoms in total. The first-order chi connectivity index (χ1) is 8.39. The van der Waals surface area contributed by atoms with Crippen molar-refractivity contribution in [1.29, 1.82) is 0 Å². The van der Waals surface area contributed by atoms with E-state index in [1.54, 1.807) is 0 Å². The van der Waals surface area contributed by atoms with Crippen LogP contribution in [0.5, 0.6) is 0 Å². The van der Waals surface area contributed by atoms with E-state index in [0.29, 0.717) is 0 Å². The molecule has 1 aromatic rings. The molecule has 0 bridgehead atoms. The van der Waals surface area contributed by atoms with Crippen LogP contribution in [0, 0.1) is 0 Å². The van der Waals surface area contributed by atoms with Crippen LogP contribution in [-0.4, -0.2) is 20.8 Å². The van der Waals surface area contributed by atoms with E-state index in [2.05, 4.69) is 31.2 Å². The lowest BCUT2D eigenvalue weighted by atomic mass is 9.70. The maximum atomic E-state index is 11.1. The second-order valence-corrected chi connectivity index (χ2v) is 7.03. The maximum absolute atomic E-state index is 11.1. The highest BCUT2D eigenvalue weighted by Gasteiger charge is 2.33. The summed E-state index contributed by atoms with van der Waals surface area (Å²) in [6.45, 7) is 2.25. The number of hydrogen-bond donors (Lipinski definition) is 0. The van der Waals surface area contributed by atoms with Crippen molar-refractivity contribution in [2.75, 3.05) is 6.26 Å². The molecule has 0 aliphatic heterocycles. The van der Waals surface area contributed by atoms with Crippen molar-refractivity contribution in [3.63, 3.8) is 0 Å². The highest BCUT2D eigenvalue weighted by molar-refractivity contribution is 7.86. The second-order valence-electron chi connectivity index (χ2n) is 5.43. The van der Waals surface area contributed by atoms with E-state index >= 15 is 0 Å². The fourth-order valence-electron chi connectivity index (χ4n) is 2.70. The monoisotopic (exact) mass is 268 g/mol. The molecule has 0 radical (unpaired) electrons. The van der Waals surface area contributed by atoms with Crippen LogP contribution >= 0.6 is 0 Å². The maximum Gasteiger partial charge on any atom is 0.264 e. The Hall–Kier alpha value is -0.870. The largest absolute Gasteiger partial charge is 0.267 e. The van der Waals surface area contributed by atoms with Crippen molar-refractivity contribution in [3.8, 4) is 0 Å². The van der Waals surface area contributed by atoms with Gasteiger partial charge in [-0.2, -0.15) is 8.42 Å². The first-order valence-corrected chi connectivity index (χ1v) is 8.14. The summed E-state index contributed by atoms with van der Waals surface area (Å²) in [5, 5.41) is 0. The fraction of sp³-hybridized carbons (Fsp3) is 0.571. The molecule has 0 N–H and O–H groups in total. The zero-order valence-corrected chi connectivity index (χ0v) is 11.7. The molecule has 1 aliphatic rings. The Bertz CT molecular complexity index is 485. The summed E-state index contributed by atoms with van der Waals surface area (Å²) in [5.41, 5.74) is 1.49. The standard InChI is InChI=1S/C14H20O3S/c1-14(12-6-4-3-5-7-12)10-8-13(9-11-14)17-18(2,15)16/h3-7,13H,8-11H2,1-2H3/t13-,14+. The lowest BCUT2D eigenvalue weighted by Crippen LogP contribution is -2.32. The van der Waals surface area contributed by atoms with E-state index < -0.39 is 10.1 Å². The number of benzene rings is 1. The van der Waals surface area contributed by atoms with Crippen molar-refractivity contribution < 1.29 is 12.6 Å². The molecule has 18 heavy (non-hydrogen) atoms. The minimum atomic E-state index is -3.33. The average Bonchev–Trinajstić information content (AvgIpc) is 2.32. The van der Waals surface area contributed by atoms with E-state index in [9.17, 15) is 8.42 Å². The fourth-order valence-corrected chi connectivity index (χ4v) is 3.39. The van der Waals surface area contributed by atoms with E-state index in [1.807, 2.05) is 6.07 Å². The molecule has 1 saturated carbocycles. The zero-order chi connectivity index (χ0) is 13.2. The minimum absolute atomic E-state index is 0.142. The van der Waals surface area contributed by atoms with E-state index in [4.69, 9.17) is 4.18 Å². The quantitative estimate of drug-likeness (QED) is 0.792. The molecule has 0 amide bonds. The molecule has 2 rings (SSSR count). The Morgan fingerprint density at radius 3 is 2.22 bits per heavy atom. The average molecular weight is 268 g/mol. The van der Waals surface area contributed by atoms with Crippen LogP contribution in [0.2, 0.25) is 0 Å². The molecule has 1 fully saturated rings. The van der Waals surface area contributed by atoms with Crippen LogP contribution in [0.4, 0.5) is 0 Å². The molecular weight excluding hydrogens is 248 g/mol. The van der Waals surface area contributed by atoms with Gasteiger partial charge in [0.15, 0.2) is 0 Å². The number of rotatable bonds is 3. The third-order valence-corrected chi connectivity index (χ3v) is 4.44. The summed E-state index contributed by atoms with van der Waals surface area (Å²) in [6, 6.07) is 10.4. The molecule has 0 unspecified atom stereocenters. The summed E-state index contributed by atoms with van der Waals surface area (Å²) >= 11 is 0. The predicted octanol–water partition coefficient (Wildman–Crippen LogP) is 2.86. The van der Waals surface area contributed by atoms with Crippen molar-refractivity contribution in [3.05, 3.63) is 35.9 Å². The van der Waals surface area contributed by atoms with Crippen LogP contribution in [0.25, 0.3) is 0 Å². The van der Waals surface area contributed by atoms with Gasteiger partial charge in [0, 0.05) is 0 Å². The van der Waals surface area contributed by atoms with Gasteiger partial charge in [-0.15, -0.1) is 0 Å². The van der Waals surface area contributed by atoms with Gasteiger partial charge in [0.25, 0.3) is 10.1 Å². The SMILES string of the molecule is CS(=O)(=O)O[C@H]1CC[C@@](C)(c2ccccc2)CC1. The molecule has 0 saturated heterocycles. The number of hydrogen-bond acceptors (Lipinski definition) is 3. The van der Waals surface area contributed by atoms with Crippen LogP contribution in [0.1, 0.15) is 38.2 Å². The van der Waals surface area contributed by atoms with Gasteiger partial charge < -0.3 is 0 Å². The van der Waals surface area contributed by atoms with Crippen molar-refractivity contribution in [2.24, 2.45) is 0 Å². The summed E-state index contributed by atoms with van der Waals surface area (Å²) in [6.07, 6.45) is 4.53. The summed E-state index contributed by atoms with van der Waals surface area (Å²) < 4.78 is 27.3. The lowest BCUT2D eigenvalue weighted by Gasteiger charge is -2.37. The van der Waals surface area contributed by atoms with Crippen LogP contribution < -0.4 is 0 Å². The molecule has 0 spiro atoms. The van der Waals surface area contributed by atoms with Crippen LogP contribution in [-0.2, 0) is 19.7 Å². The molecule has 0 aromatic heterocycles. The molecule has 0 heterocycles. The Morgan fingerprint density at radius 2 is 1.72 bits per heavy atom. The van der Waals surface area contributed by atoms with Crippen molar-refractivity contribution in [2.45, 2.75) is 44.1 Å². The van der Waals surface area contributed by atoms with Gasteiger partial charge in [0.1, 0.15) is 0 Å². The molecular formula is C14H20O3S. The Balaban J connectivity index is 2.02. The first-order valence-electron chi connectivity index (χ1n) is 6.33. The molecule has 1 aromatic carbocycles.